The molecule has 0 aliphatic rings. The SMILES string of the molecule is CNCc1ccc2c(Br)c(O)ccc2c1. The fraction of sp³-hybridized carbons (Fsp3) is 0.167. The molecule has 15 heavy (non-hydrogen) atoms. The third-order valence-corrected chi connectivity index (χ3v) is 3.21. The smallest absolute Gasteiger partial charge is 0.130 e. The van der Waals surface area contributed by atoms with Crippen molar-refractivity contribution in [1.29, 1.82) is 0 Å². The molecule has 0 saturated heterocycles. The molecule has 2 aromatic carbocycles. The van der Waals surface area contributed by atoms with Gasteiger partial charge in [-0.15, -0.1) is 0 Å². The van der Waals surface area contributed by atoms with Gasteiger partial charge in [-0.3, -0.25) is 0 Å². The molecule has 0 amide bonds. The van der Waals surface area contributed by atoms with E-state index in [2.05, 4.69) is 33.4 Å². The number of benzene rings is 2. The van der Waals surface area contributed by atoms with E-state index in [0.29, 0.717) is 0 Å². The normalized spacial score (nSPS) is 10.8. The van der Waals surface area contributed by atoms with E-state index in [0.717, 1.165) is 21.8 Å². The zero-order valence-electron chi connectivity index (χ0n) is 8.42. The summed E-state index contributed by atoms with van der Waals surface area (Å²) in [5, 5.41) is 14.8. The molecule has 2 nitrogen and oxygen atoms in total. The number of fused-ring (bicyclic) bond motifs is 1. The third-order valence-electron chi connectivity index (χ3n) is 2.38. The van der Waals surface area contributed by atoms with E-state index in [9.17, 15) is 5.11 Å². The van der Waals surface area contributed by atoms with Crippen LogP contribution in [0.4, 0.5) is 0 Å². The highest BCUT2D eigenvalue weighted by Gasteiger charge is 2.03. The molecular weight excluding hydrogens is 254 g/mol. The number of nitrogens with one attached hydrogen (secondary N) is 1. The van der Waals surface area contributed by atoms with Crippen LogP contribution in [0.1, 0.15) is 5.56 Å². The Morgan fingerprint density at radius 2 is 2.07 bits per heavy atom. The van der Waals surface area contributed by atoms with Gasteiger partial charge in [0.25, 0.3) is 0 Å². The van der Waals surface area contributed by atoms with Crippen molar-refractivity contribution >= 4 is 26.7 Å². The maximum Gasteiger partial charge on any atom is 0.130 e. The van der Waals surface area contributed by atoms with Crippen LogP contribution in [0.5, 0.6) is 5.75 Å². The first-order valence-electron chi connectivity index (χ1n) is 4.77. The summed E-state index contributed by atoms with van der Waals surface area (Å²) in [4.78, 5) is 0. The van der Waals surface area contributed by atoms with Gasteiger partial charge >= 0.3 is 0 Å². The molecule has 0 atom stereocenters. The molecule has 0 unspecified atom stereocenters. The van der Waals surface area contributed by atoms with E-state index in [1.165, 1.54) is 5.56 Å². The standard InChI is InChI=1S/C12H12BrNO/c1-14-7-8-2-4-10-9(6-8)3-5-11(15)12(10)13/h2-6,14-15H,7H2,1H3. The molecule has 0 spiro atoms. The van der Waals surface area contributed by atoms with E-state index >= 15 is 0 Å². The van der Waals surface area contributed by atoms with Gasteiger partial charge in [-0.25, -0.2) is 0 Å². The number of phenolic OH excluding ortho intramolecular Hbond substituents is 1. The zero-order valence-corrected chi connectivity index (χ0v) is 10.0. The van der Waals surface area contributed by atoms with E-state index in [1.54, 1.807) is 6.07 Å². The predicted molar refractivity (Wildman–Crippen MR) is 66.1 cm³/mol. The second-order valence-corrected chi connectivity index (χ2v) is 4.28. The van der Waals surface area contributed by atoms with Gasteiger partial charge in [-0.1, -0.05) is 18.2 Å². The molecule has 0 saturated carbocycles. The molecule has 2 N–H and O–H groups in total. The highest BCUT2D eigenvalue weighted by Crippen LogP contribution is 2.32. The van der Waals surface area contributed by atoms with Crippen LogP contribution in [-0.4, -0.2) is 12.2 Å². The molecule has 0 aromatic heterocycles. The summed E-state index contributed by atoms with van der Waals surface area (Å²) >= 11 is 3.38. The molecule has 0 fully saturated rings. The first-order chi connectivity index (χ1) is 7.22. The van der Waals surface area contributed by atoms with Gasteiger partial charge in [0, 0.05) is 6.54 Å². The molecule has 0 radical (unpaired) electrons. The van der Waals surface area contributed by atoms with E-state index in [4.69, 9.17) is 0 Å². The van der Waals surface area contributed by atoms with Crippen LogP contribution >= 0.6 is 15.9 Å². The lowest BCUT2D eigenvalue weighted by molar-refractivity contribution is 0.473. The lowest BCUT2D eigenvalue weighted by Crippen LogP contribution is -2.04. The van der Waals surface area contributed by atoms with Gasteiger partial charge < -0.3 is 10.4 Å². The lowest BCUT2D eigenvalue weighted by Gasteiger charge is -2.05. The van der Waals surface area contributed by atoms with Crippen molar-refractivity contribution in [2.24, 2.45) is 0 Å². The molecule has 3 heteroatoms. The first kappa shape index (κ1) is 10.5. The molecule has 2 rings (SSSR count). The zero-order chi connectivity index (χ0) is 10.8. The number of rotatable bonds is 2. The summed E-state index contributed by atoms with van der Waals surface area (Å²) in [5.41, 5.74) is 1.24. The molecular formula is C12H12BrNO. The Balaban J connectivity index is 2.59. The molecule has 0 aliphatic carbocycles. The highest BCUT2D eigenvalue weighted by atomic mass is 79.9. The fourth-order valence-electron chi connectivity index (χ4n) is 1.64. The summed E-state index contributed by atoms with van der Waals surface area (Å²) in [6.07, 6.45) is 0. The average Bonchev–Trinajstić information content (AvgIpc) is 2.24. The predicted octanol–water partition coefficient (Wildman–Crippen LogP) is 3.03. The Bertz CT molecular complexity index is 496. The minimum absolute atomic E-state index is 0.281. The second-order valence-electron chi connectivity index (χ2n) is 3.48. The van der Waals surface area contributed by atoms with Crippen LogP contribution in [-0.2, 0) is 6.54 Å². The van der Waals surface area contributed by atoms with E-state index < -0.39 is 0 Å². The van der Waals surface area contributed by atoms with Crippen LogP contribution in [0, 0.1) is 0 Å². The van der Waals surface area contributed by atoms with Crippen molar-refractivity contribution < 1.29 is 5.11 Å². The van der Waals surface area contributed by atoms with Crippen LogP contribution < -0.4 is 5.32 Å². The van der Waals surface area contributed by atoms with Crippen molar-refractivity contribution in [3.63, 3.8) is 0 Å². The van der Waals surface area contributed by atoms with Crippen molar-refractivity contribution in [2.75, 3.05) is 7.05 Å². The third kappa shape index (κ3) is 1.98. The van der Waals surface area contributed by atoms with Gasteiger partial charge in [0.15, 0.2) is 0 Å². The molecule has 0 aliphatic heterocycles. The van der Waals surface area contributed by atoms with Crippen LogP contribution in [0.2, 0.25) is 0 Å². The topological polar surface area (TPSA) is 32.3 Å². The Morgan fingerprint density at radius 1 is 1.27 bits per heavy atom. The molecule has 0 bridgehead atoms. The van der Waals surface area contributed by atoms with Crippen molar-refractivity contribution in [3.8, 4) is 5.75 Å². The molecule has 0 heterocycles. The lowest BCUT2D eigenvalue weighted by atomic mass is 10.1. The summed E-state index contributed by atoms with van der Waals surface area (Å²) in [6, 6.07) is 9.83. The van der Waals surface area contributed by atoms with Crippen molar-refractivity contribution in [1.82, 2.24) is 5.32 Å². The Labute approximate surface area is 97.1 Å². The van der Waals surface area contributed by atoms with Gasteiger partial charge in [-0.2, -0.15) is 0 Å². The Morgan fingerprint density at radius 3 is 2.80 bits per heavy atom. The number of hydrogen-bond donors (Lipinski definition) is 2. The first-order valence-corrected chi connectivity index (χ1v) is 5.56. The minimum Gasteiger partial charge on any atom is -0.507 e. The summed E-state index contributed by atoms with van der Waals surface area (Å²) in [7, 11) is 1.93. The van der Waals surface area contributed by atoms with Crippen LogP contribution in [0.3, 0.4) is 0 Å². The summed E-state index contributed by atoms with van der Waals surface area (Å²) in [6.45, 7) is 0.856. The van der Waals surface area contributed by atoms with E-state index in [-0.39, 0.29) is 5.75 Å². The van der Waals surface area contributed by atoms with Gasteiger partial charge in [0.2, 0.25) is 0 Å². The maximum absolute atomic E-state index is 9.53. The van der Waals surface area contributed by atoms with Crippen molar-refractivity contribution in [3.05, 3.63) is 40.4 Å². The Kier molecular flexibility index (Phi) is 2.93. The van der Waals surface area contributed by atoms with Gasteiger partial charge in [0.1, 0.15) is 5.75 Å². The van der Waals surface area contributed by atoms with Gasteiger partial charge in [-0.05, 0) is 51.4 Å². The number of aromatic hydroxyl groups is 1. The van der Waals surface area contributed by atoms with Crippen LogP contribution in [0.15, 0.2) is 34.8 Å². The number of hydrogen-bond acceptors (Lipinski definition) is 2. The van der Waals surface area contributed by atoms with E-state index in [1.807, 2.05) is 19.2 Å². The van der Waals surface area contributed by atoms with Crippen molar-refractivity contribution in [2.45, 2.75) is 6.54 Å². The van der Waals surface area contributed by atoms with Crippen LogP contribution in [0.25, 0.3) is 10.8 Å². The second kappa shape index (κ2) is 4.21. The maximum atomic E-state index is 9.53. The summed E-state index contributed by atoms with van der Waals surface area (Å²) < 4.78 is 0.760. The largest absolute Gasteiger partial charge is 0.507 e. The monoisotopic (exact) mass is 265 g/mol. The summed E-state index contributed by atoms with van der Waals surface area (Å²) in [5.74, 6) is 0.281. The highest BCUT2D eigenvalue weighted by molar-refractivity contribution is 9.10. The number of halogens is 1. The molecule has 2 aromatic rings. The minimum atomic E-state index is 0.281. The molecule has 78 valence electrons. The quantitative estimate of drug-likeness (QED) is 0.875. The number of phenols is 1. The fourth-order valence-corrected chi connectivity index (χ4v) is 2.14. The van der Waals surface area contributed by atoms with Gasteiger partial charge in [0.05, 0.1) is 4.47 Å². The average molecular weight is 266 g/mol. The Hall–Kier alpha value is -1.06.